The molecule has 1 aliphatic heterocycles. The SMILES string of the molecule is C=C[C@@H](c1cccc(C)n1)N1CCNCC1.Cl.Cl. The molecule has 2 heterocycles. The fraction of sp³-hybridized carbons (Fsp3) is 0.462. The molecule has 0 amide bonds. The van der Waals surface area contributed by atoms with Crippen LogP contribution in [0.5, 0.6) is 0 Å². The molecule has 1 aliphatic rings. The van der Waals surface area contributed by atoms with Gasteiger partial charge < -0.3 is 5.32 Å². The lowest BCUT2D eigenvalue weighted by Crippen LogP contribution is -2.44. The number of halogens is 2. The highest BCUT2D eigenvalue weighted by Gasteiger charge is 2.20. The van der Waals surface area contributed by atoms with Crippen LogP contribution in [0.1, 0.15) is 17.4 Å². The molecule has 1 atom stereocenters. The van der Waals surface area contributed by atoms with Gasteiger partial charge in [-0.3, -0.25) is 9.88 Å². The number of aromatic nitrogens is 1. The predicted molar refractivity (Wildman–Crippen MR) is 80.9 cm³/mol. The molecule has 0 unspecified atom stereocenters. The van der Waals surface area contributed by atoms with E-state index >= 15 is 0 Å². The molecule has 1 saturated heterocycles. The topological polar surface area (TPSA) is 28.2 Å². The van der Waals surface area contributed by atoms with E-state index in [0.717, 1.165) is 37.6 Å². The van der Waals surface area contributed by atoms with Crippen LogP contribution in [0.3, 0.4) is 0 Å². The molecular weight excluding hydrogens is 269 g/mol. The van der Waals surface area contributed by atoms with E-state index in [1.165, 1.54) is 0 Å². The summed E-state index contributed by atoms with van der Waals surface area (Å²) in [7, 11) is 0. The average Bonchev–Trinajstić information content (AvgIpc) is 2.31. The van der Waals surface area contributed by atoms with Crippen molar-refractivity contribution in [2.24, 2.45) is 0 Å². The summed E-state index contributed by atoms with van der Waals surface area (Å²) >= 11 is 0. The van der Waals surface area contributed by atoms with Gasteiger partial charge in [0, 0.05) is 31.9 Å². The van der Waals surface area contributed by atoms with Gasteiger partial charge in [0.25, 0.3) is 0 Å². The van der Waals surface area contributed by atoms with Crippen LogP contribution in [0.2, 0.25) is 0 Å². The number of nitrogens with zero attached hydrogens (tertiary/aromatic N) is 2. The van der Waals surface area contributed by atoms with E-state index in [1.807, 2.05) is 19.1 Å². The van der Waals surface area contributed by atoms with Gasteiger partial charge in [0.15, 0.2) is 0 Å². The molecule has 1 N–H and O–H groups in total. The number of nitrogens with one attached hydrogen (secondary N) is 1. The lowest BCUT2D eigenvalue weighted by molar-refractivity contribution is 0.200. The maximum absolute atomic E-state index is 4.59. The fourth-order valence-electron chi connectivity index (χ4n) is 2.15. The molecule has 102 valence electrons. The Balaban J connectivity index is 0.00000144. The molecule has 1 fully saturated rings. The van der Waals surface area contributed by atoms with E-state index in [9.17, 15) is 0 Å². The Morgan fingerprint density at radius 2 is 2.00 bits per heavy atom. The predicted octanol–water partition coefficient (Wildman–Crippen LogP) is 2.37. The maximum atomic E-state index is 4.59. The Hall–Kier alpha value is -0.610. The van der Waals surface area contributed by atoms with Crippen LogP contribution in [0.4, 0.5) is 0 Å². The highest BCUT2D eigenvalue weighted by molar-refractivity contribution is 5.85. The van der Waals surface area contributed by atoms with Crippen LogP contribution in [0.15, 0.2) is 30.9 Å². The third kappa shape index (κ3) is 4.25. The number of rotatable bonds is 3. The zero-order valence-electron chi connectivity index (χ0n) is 10.6. The van der Waals surface area contributed by atoms with E-state index in [0.29, 0.717) is 0 Å². The van der Waals surface area contributed by atoms with Gasteiger partial charge in [-0.05, 0) is 19.1 Å². The second-order valence-electron chi connectivity index (χ2n) is 4.17. The molecule has 1 aromatic rings. The standard InChI is InChI=1S/C13H19N3.2ClH/c1-3-13(16-9-7-14-8-10-16)12-6-4-5-11(2)15-12;;/h3-6,13-14H,1,7-10H2,2H3;2*1H/t13-;;/m0../s1. The monoisotopic (exact) mass is 289 g/mol. The average molecular weight is 290 g/mol. The molecule has 0 radical (unpaired) electrons. The maximum Gasteiger partial charge on any atom is 0.0704 e. The normalized spacial score (nSPS) is 17.2. The van der Waals surface area contributed by atoms with E-state index in [1.54, 1.807) is 0 Å². The van der Waals surface area contributed by atoms with Crippen LogP contribution in [-0.2, 0) is 0 Å². The molecule has 0 saturated carbocycles. The number of pyridine rings is 1. The number of hydrogen-bond donors (Lipinski definition) is 1. The summed E-state index contributed by atoms with van der Waals surface area (Å²) in [5.74, 6) is 0. The smallest absolute Gasteiger partial charge is 0.0704 e. The van der Waals surface area contributed by atoms with Crippen molar-refractivity contribution in [3.8, 4) is 0 Å². The van der Waals surface area contributed by atoms with Gasteiger partial charge in [-0.2, -0.15) is 0 Å². The van der Waals surface area contributed by atoms with Crippen LogP contribution in [-0.4, -0.2) is 36.1 Å². The van der Waals surface area contributed by atoms with Crippen LogP contribution in [0, 0.1) is 6.92 Å². The van der Waals surface area contributed by atoms with E-state index in [2.05, 4.69) is 33.9 Å². The lowest BCUT2D eigenvalue weighted by atomic mass is 10.1. The van der Waals surface area contributed by atoms with Crippen LogP contribution >= 0.6 is 24.8 Å². The number of aryl methyl sites for hydroxylation is 1. The van der Waals surface area contributed by atoms with Crippen molar-refractivity contribution < 1.29 is 0 Å². The van der Waals surface area contributed by atoms with Crippen molar-refractivity contribution in [2.45, 2.75) is 13.0 Å². The van der Waals surface area contributed by atoms with E-state index < -0.39 is 0 Å². The van der Waals surface area contributed by atoms with Gasteiger partial charge in [-0.25, -0.2) is 0 Å². The molecule has 2 rings (SSSR count). The third-order valence-corrected chi connectivity index (χ3v) is 2.98. The molecule has 5 heteroatoms. The summed E-state index contributed by atoms with van der Waals surface area (Å²) in [4.78, 5) is 7.01. The number of piperazine rings is 1. The van der Waals surface area contributed by atoms with Crippen molar-refractivity contribution in [2.75, 3.05) is 26.2 Å². The Kier molecular flexibility index (Phi) is 8.20. The van der Waals surface area contributed by atoms with Gasteiger partial charge >= 0.3 is 0 Å². The molecule has 0 aromatic carbocycles. The Morgan fingerprint density at radius 3 is 2.56 bits per heavy atom. The first-order valence-corrected chi connectivity index (χ1v) is 5.82. The highest BCUT2D eigenvalue weighted by Crippen LogP contribution is 2.20. The largest absolute Gasteiger partial charge is 0.314 e. The Morgan fingerprint density at radius 1 is 1.33 bits per heavy atom. The molecule has 0 aliphatic carbocycles. The lowest BCUT2D eigenvalue weighted by Gasteiger charge is -2.32. The summed E-state index contributed by atoms with van der Waals surface area (Å²) in [6, 6.07) is 6.43. The first-order valence-electron chi connectivity index (χ1n) is 5.82. The summed E-state index contributed by atoms with van der Waals surface area (Å²) in [6.45, 7) is 10.2. The van der Waals surface area contributed by atoms with Gasteiger partial charge in [-0.1, -0.05) is 12.1 Å². The second kappa shape index (κ2) is 8.48. The van der Waals surface area contributed by atoms with Gasteiger partial charge in [0.2, 0.25) is 0 Å². The van der Waals surface area contributed by atoms with Crippen molar-refractivity contribution in [3.05, 3.63) is 42.2 Å². The summed E-state index contributed by atoms with van der Waals surface area (Å²) in [5, 5.41) is 3.36. The summed E-state index contributed by atoms with van der Waals surface area (Å²) in [6.07, 6.45) is 1.99. The van der Waals surface area contributed by atoms with Gasteiger partial charge in [-0.15, -0.1) is 31.4 Å². The van der Waals surface area contributed by atoms with Crippen molar-refractivity contribution in [1.82, 2.24) is 15.2 Å². The zero-order valence-corrected chi connectivity index (χ0v) is 12.3. The first-order chi connectivity index (χ1) is 7.81. The minimum atomic E-state index is 0. The molecular formula is C13H21Cl2N3. The zero-order chi connectivity index (χ0) is 11.4. The molecule has 3 nitrogen and oxygen atoms in total. The summed E-state index contributed by atoms with van der Waals surface area (Å²) in [5.41, 5.74) is 2.18. The van der Waals surface area contributed by atoms with Crippen molar-refractivity contribution in [1.29, 1.82) is 0 Å². The quantitative estimate of drug-likeness (QED) is 0.866. The first kappa shape index (κ1) is 17.4. The fourth-order valence-corrected chi connectivity index (χ4v) is 2.15. The minimum absolute atomic E-state index is 0. The van der Waals surface area contributed by atoms with Gasteiger partial charge in [0.05, 0.1) is 11.7 Å². The molecule has 0 bridgehead atoms. The molecule has 1 aromatic heterocycles. The van der Waals surface area contributed by atoms with Crippen molar-refractivity contribution in [3.63, 3.8) is 0 Å². The second-order valence-corrected chi connectivity index (χ2v) is 4.17. The van der Waals surface area contributed by atoms with E-state index in [-0.39, 0.29) is 30.9 Å². The van der Waals surface area contributed by atoms with Crippen LogP contribution in [0.25, 0.3) is 0 Å². The molecule has 0 spiro atoms. The van der Waals surface area contributed by atoms with Gasteiger partial charge in [0.1, 0.15) is 0 Å². The summed E-state index contributed by atoms with van der Waals surface area (Å²) < 4.78 is 0. The Bertz CT molecular complexity index is 365. The highest BCUT2D eigenvalue weighted by atomic mass is 35.5. The minimum Gasteiger partial charge on any atom is -0.314 e. The molecule has 18 heavy (non-hydrogen) atoms. The number of hydrogen-bond acceptors (Lipinski definition) is 3. The third-order valence-electron chi connectivity index (χ3n) is 2.98. The van der Waals surface area contributed by atoms with Crippen molar-refractivity contribution >= 4 is 24.8 Å². The van der Waals surface area contributed by atoms with Crippen LogP contribution < -0.4 is 5.32 Å². The van der Waals surface area contributed by atoms with E-state index in [4.69, 9.17) is 0 Å². The Labute approximate surface area is 121 Å².